The number of benzene rings is 1. The molecule has 4 nitrogen and oxygen atoms in total. The molecule has 0 saturated heterocycles. The highest BCUT2D eigenvalue weighted by atomic mass is 79.9. The fourth-order valence-corrected chi connectivity index (χ4v) is 1.67. The zero-order chi connectivity index (χ0) is 13.0. The van der Waals surface area contributed by atoms with Crippen LogP contribution in [0.4, 0.5) is 5.69 Å². The molecule has 1 unspecified atom stereocenters. The van der Waals surface area contributed by atoms with Crippen molar-refractivity contribution in [3.8, 4) is 0 Å². The zero-order valence-electron chi connectivity index (χ0n) is 9.66. The molecule has 0 aromatic heterocycles. The van der Waals surface area contributed by atoms with E-state index < -0.39 is 17.8 Å². The number of halogens is 1. The summed E-state index contributed by atoms with van der Waals surface area (Å²) < 4.78 is 0.945. The number of hydrogen-bond donors (Lipinski definition) is 2. The first-order valence-electron chi connectivity index (χ1n) is 5.25. The van der Waals surface area contributed by atoms with Crippen molar-refractivity contribution >= 4 is 33.5 Å². The van der Waals surface area contributed by atoms with Crippen molar-refractivity contribution in [1.29, 1.82) is 0 Å². The lowest BCUT2D eigenvalue weighted by atomic mass is 10.1. The maximum absolute atomic E-state index is 11.7. The van der Waals surface area contributed by atoms with E-state index in [-0.39, 0.29) is 6.42 Å². The summed E-state index contributed by atoms with van der Waals surface area (Å²) in [7, 11) is 0. The lowest BCUT2D eigenvalue weighted by Crippen LogP contribution is -2.28. The molecule has 0 aliphatic heterocycles. The molecule has 1 rings (SSSR count). The van der Waals surface area contributed by atoms with E-state index in [0.717, 1.165) is 10.0 Å². The van der Waals surface area contributed by atoms with Gasteiger partial charge in [-0.15, -0.1) is 0 Å². The number of carbonyl (C=O) groups is 2. The van der Waals surface area contributed by atoms with E-state index in [1.54, 1.807) is 19.1 Å². The maximum atomic E-state index is 11.7. The van der Waals surface area contributed by atoms with Crippen LogP contribution >= 0.6 is 15.9 Å². The molecule has 1 amide bonds. The molecule has 2 N–H and O–H groups in total. The van der Waals surface area contributed by atoms with Crippen molar-refractivity contribution in [2.24, 2.45) is 5.92 Å². The second-order valence-corrected chi connectivity index (χ2v) is 4.61. The van der Waals surface area contributed by atoms with Crippen LogP contribution in [0, 0.1) is 12.8 Å². The molecular formula is C12H14BrNO3. The van der Waals surface area contributed by atoms with Crippen molar-refractivity contribution in [2.75, 3.05) is 5.32 Å². The van der Waals surface area contributed by atoms with Crippen LogP contribution in [-0.4, -0.2) is 17.0 Å². The minimum absolute atomic E-state index is 0.274. The van der Waals surface area contributed by atoms with Crippen LogP contribution in [0.3, 0.4) is 0 Å². The van der Waals surface area contributed by atoms with Crippen LogP contribution in [-0.2, 0) is 9.59 Å². The van der Waals surface area contributed by atoms with Gasteiger partial charge in [-0.1, -0.05) is 22.9 Å². The predicted molar refractivity (Wildman–Crippen MR) is 68.9 cm³/mol. The number of carbonyl (C=O) groups excluding carboxylic acids is 1. The number of rotatable bonds is 4. The number of carboxylic acids is 1. The van der Waals surface area contributed by atoms with Gasteiger partial charge in [0.2, 0.25) is 5.91 Å². The van der Waals surface area contributed by atoms with Crippen LogP contribution in [0.15, 0.2) is 22.7 Å². The summed E-state index contributed by atoms with van der Waals surface area (Å²) in [5, 5.41) is 11.5. The number of amides is 1. The van der Waals surface area contributed by atoms with Gasteiger partial charge in [0.1, 0.15) is 5.92 Å². The van der Waals surface area contributed by atoms with Crippen molar-refractivity contribution in [1.82, 2.24) is 0 Å². The monoisotopic (exact) mass is 299 g/mol. The fourth-order valence-electron chi connectivity index (χ4n) is 1.42. The van der Waals surface area contributed by atoms with Gasteiger partial charge >= 0.3 is 5.97 Å². The summed E-state index contributed by atoms with van der Waals surface area (Å²) in [6, 6.07) is 5.33. The van der Waals surface area contributed by atoms with E-state index in [0.29, 0.717) is 5.69 Å². The molecule has 0 fully saturated rings. The Bertz CT molecular complexity index is 445. The zero-order valence-corrected chi connectivity index (χ0v) is 11.2. The summed E-state index contributed by atoms with van der Waals surface area (Å²) >= 11 is 3.35. The van der Waals surface area contributed by atoms with Crippen LogP contribution in [0.25, 0.3) is 0 Å². The molecule has 17 heavy (non-hydrogen) atoms. The highest BCUT2D eigenvalue weighted by Crippen LogP contribution is 2.20. The molecule has 0 aliphatic rings. The number of anilines is 1. The summed E-state index contributed by atoms with van der Waals surface area (Å²) in [4.78, 5) is 22.5. The SMILES string of the molecule is CCC(C(=O)O)C(=O)Nc1ccc(Br)c(C)c1. The molecule has 0 aliphatic carbocycles. The van der Waals surface area contributed by atoms with E-state index in [1.807, 2.05) is 13.0 Å². The maximum Gasteiger partial charge on any atom is 0.316 e. The minimum atomic E-state index is -1.10. The third kappa shape index (κ3) is 3.56. The van der Waals surface area contributed by atoms with Crippen molar-refractivity contribution in [3.05, 3.63) is 28.2 Å². The van der Waals surface area contributed by atoms with Gasteiger partial charge < -0.3 is 10.4 Å². The largest absolute Gasteiger partial charge is 0.481 e. The number of nitrogens with one attached hydrogen (secondary N) is 1. The topological polar surface area (TPSA) is 66.4 Å². The summed E-state index contributed by atoms with van der Waals surface area (Å²) in [5.74, 6) is -2.58. The molecule has 0 spiro atoms. The Labute approximate surface area is 108 Å². The first-order chi connectivity index (χ1) is 7.95. The van der Waals surface area contributed by atoms with E-state index in [4.69, 9.17) is 5.11 Å². The predicted octanol–water partition coefficient (Wildman–Crippen LogP) is 2.81. The molecule has 1 atom stereocenters. The van der Waals surface area contributed by atoms with E-state index in [1.165, 1.54) is 0 Å². The number of aryl methyl sites for hydroxylation is 1. The lowest BCUT2D eigenvalue weighted by Gasteiger charge is -2.11. The van der Waals surface area contributed by atoms with E-state index in [9.17, 15) is 9.59 Å². The third-order valence-corrected chi connectivity index (χ3v) is 3.34. The number of carboxylic acid groups (broad SMARTS) is 1. The second-order valence-electron chi connectivity index (χ2n) is 3.75. The third-order valence-electron chi connectivity index (χ3n) is 2.45. The Morgan fingerprint density at radius 2 is 2.12 bits per heavy atom. The molecule has 5 heteroatoms. The number of aliphatic carboxylic acids is 1. The second kappa shape index (κ2) is 5.82. The summed E-state index contributed by atoms with van der Waals surface area (Å²) in [6.45, 7) is 3.57. The van der Waals surface area contributed by atoms with Gasteiger partial charge in [-0.05, 0) is 37.1 Å². The number of hydrogen-bond acceptors (Lipinski definition) is 2. The smallest absolute Gasteiger partial charge is 0.316 e. The molecule has 0 bridgehead atoms. The van der Waals surface area contributed by atoms with E-state index in [2.05, 4.69) is 21.2 Å². The first kappa shape index (κ1) is 13.7. The normalized spacial score (nSPS) is 11.9. The van der Waals surface area contributed by atoms with Crippen molar-refractivity contribution < 1.29 is 14.7 Å². The molecule has 0 radical (unpaired) electrons. The van der Waals surface area contributed by atoms with Gasteiger partial charge in [0.25, 0.3) is 0 Å². The van der Waals surface area contributed by atoms with Gasteiger partial charge in [0.05, 0.1) is 0 Å². The average molecular weight is 300 g/mol. The van der Waals surface area contributed by atoms with Gasteiger partial charge in [0, 0.05) is 10.2 Å². The van der Waals surface area contributed by atoms with Gasteiger partial charge in [-0.3, -0.25) is 9.59 Å². The summed E-state index contributed by atoms with van der Waals surface area (Å²) in [6.07, 6.45) is 0.274. The van der Waals surface area contributed by atoms with Crippen molar-refractivity contribution in [2.45, 2.75) is 20.3 Å². The highest BCUT2D eigenvalue weighted by Gasteiger charge is 2.23. The highest BCUT2D eigenvalue weighted by molar-refractivity contribution is 9.10. The van der Waals surface area contributed by atoms with Crippen LogP contribution in [0.5, 0.6) is 0 Å². The van der Waals surface area contributed by atoms with Crippen LogP contribution < -0.4 is 5.32 Å². The Kier molecular flexibility index (Phi) is 4.69. The fraction of sp³-hybridized carbons (Fsp3) is 0.333. The quantitative estimate of drug-likeness (QED) is 0.840. The molecule has 0 saturated carbocycles. The molecule has 0 heterocycles. The van der Waals surface area contributed by atoms with E-state index >= 15 is 0 Å². The van der Waals surface area contributed by atoms with Gasteiger partial charge in [-0.25, -0.2) is 0 Å². The van der Waals surface area contributed by atoms with Crippen molar-refractivity contribution in [3.63, 3.8) is 0 Å². The lowest BCUT2D eigenvalue weighted by molar-refractivity contribution is -0.145. The Balaban J connectivity index is 2.80. The first-order valence-corrected chi connectivity index (χ1v) is 6.04. The molecule has 1 aromatic carbocycles. The summed E-state index contributed by atoms with van der Waals surface area (Å²) in [5.41, 5.74) is 1.58. The molecular weight excluding hydrogens is 286 g/mol. The standard InChI is InChI=1S/C12H14BrNO3/c1-3-9(12(16)17)11(15)14-8-4-5-10(13)7(2)6-8/h4-6,9H,3H2,1-2H3,(H,14,15)(H,16,17). The van der Waals surface area contributed by atoms with Gasteiger partial charge in [-0.2, -0.15) is 0 Å². The Hall–Kier alpha value is -1.36. The average Bonchev–Trinajstić information content (AvgIpc) is 2.24. The Morgan fingerprint density at radius 3 is 2.59 bits per heavy atom. The van der Waals surface area contributed by atoms with Gasteiger partial charge in [0.15, 0.2) is 0 Å². The molecule has 1 aromatic rings. The Morgan fingerprint density at radius 1 is 1.47 bits per heavy atom. The minimum Gasteiger partial charge on any atom is -0.481 e. The van der Waals surface area contributed by atoms with Crippen LogP contribution in [0.1, 0.15) is 18.9 Å². The van der Waals surface area contributed by atoms with Crippen LogP contribution in [0.2, 0.25) is 0 Å². The molecule has 92 valence electrons.